The number of carbonyl (C=O) groups excluding carboxylic acids is 2. The lowest BCUT2D eigenvalue weighted by atomic mass is 10.3. The van der Waals surface area contributed by atoms with Gasteiger partial charge in [0.1, 0.15) is 0 Å². The lowest BCUT2D eigenvalue weighted by molar-refractivity contribution is -0.138. The number of amides is 1. The van der Waals surface area contributed by atoms with E-state index in [0.717, 1.165) is 6.04 Å². The van der Waals surface area contributed by atoms with E-state index in [4.69, 9.17) is 9.47 Å². The fraction of sp³-hybridized carbons (Fsp3) is 0.692. The van der Waals surface area contributed by atoms with Crippen LogP contribution in [0.15, 0.2) is 12.2 Å². The van der Waals surface area contributed by atoms with Gasteiger partial charge in [0, 0.05) is 20.2 Å². The van der Waals surface area contributed by atoms with Gasteiger partial charge >= 0.3 is 12.1 Å². The number of ether oxygens (including phenoxy) is 2. The van der Waals surface area contributed by atoms with Gasteiger partial charge in [-0.2, -0.15) is 0 Å². The summed E-state index contributed by atoms with van der Waals surface area (Å²) in [4.78, 5) is 22.3. The molecule has 0 aromatic heterocycles. The third-order valence-electron chi connectivity index (χ3n) is 2.26. The van der Waals surface area contributed by atoms with Gasteiger partial charge in [0.05, 0.1) is 13.2 Å². The van der Waals surface area contributed by atoms with Gasteiger partial charge in [0.15, 0.2) is 0 Å². The minimum absolute atomic E-state index is 0.265. The van der Waals surface area contributed by atoms with Crippen molar-refractivity contribution in [3.05, 3.63) is 12.2 Å². The van der Waals surface area contributed by atoms with Crippen LogP contribution in [0.3, 0.4) is 0 Å². The summed E-state index contributed by atoms with van der Waals surface area (Å²) in [7, 11) is -1.16. The minimum atomic E-state index is -1.16. The third kappa shape index (κ3) is 11.5. The average Bonchev–Trinajstić information content (AvgIpc) is 2.26. The molecule has 0 aromatic rings. The van der Waals surface area contributed by atoms with Gasteiger partial charge in [-0.1, -0.05) is 26.2 Å². The van der Waals surface area contributed by atoms with Crippen LogP contribution in [0.2, 0.25) is 25.7 Å². The first-order valence-electron chi connectivity index (χ1n) is 6.45. The summed E-state index contributed by atoms with van der Waals surface area (Å²) in [6, 6.07) is 0.955. The van der Waals surface area contributed by atoms with Gasteiger partial charge < -0.3 is 14.8 Å². The van der Waals surface area contributed by atoms with E-state index in [1.54, 1.807) is 6.92 Å². The number of rotatable bonds is 8. The van der Waals surface area contributed by atoms with Gasteiger partial charge in [-0.05, 0) is 19.4 Å². The maximum absolute atomic E-state index is 11.3. The van der Waals surface area contributed by atoms with Crippen molar-refractivity contribution in [2.75, 3.05) is 19.8 Å². The molecule has 5 nitrogen and oxygen atoms in total. The Labute approximate surface area is 116 Å². The molecule has 0 aliphatic rings. The highest BCUT2D eigenvalue weighted by molar-refractivity contribution is 6.76. The van der Waals surface area contributed by atoms with Crippen LogP contribution in [0.4, 0.5) is 4.79 Å². The zero-order valence-electron chi connectivity index (χ0n) is 12.4. The molecule has 0 rings (SSSR count). The van der Waals surface area contributed by atoms with Crippen molar-refractivity contribution in [1.29, 1.82) is 0 Å². The Morgan fingerprint density at radius 1 is 1.16 bits per heavy atom. The lowest BCUT2D eigenvalue weighted by Crippen LogP contribution is -2.29. The van der Waals surface area contributed by atoms with Crippen LogP contribution >= 0.6 is 0 Å². The third-order valence-corrected chi connectivity index (χ3v) is 3.96. The van der Waals surface area contributed by atoms with Crippen molar-refractivity contribution in [2.45, 2.75) is 39.0 Å². The SMILES string of the molecule is C=C(C)C(=O)OCCCNC(=O)OCC[Si](C)(C)C. The Morgan fingerprint density at radius 2 is 1.79 bits per heavy atom. The van der Waals surface area contributed by atoms with Crippen molar-refractivity contribution in [2.24, 2.45) is 0 Å². The quantitative estimate of drug-likeness (QED) is 0.322. The van der Waals surface area contributed by atoms with E-state index < -0.39 is 20.1 Å². The summed E-state index contributed by atoms with van der Waals surface area (Å²) in [5, 5.41) is 2.61. The van der Waals surface area contributed by atoms with Crippen molar-refractivity contribution in [1.82, 2.24) is 5.32 Å². The lowest BCUT2D eigenvalue weighted by Gasteiger charge is -2.15. The van der Waals surface area contributed by atoms with Crippen molar-refractivity contribution >= 4 is 20.1 Å². The smallest absolute Gasteiger partial charge is 0.407 e. The van der Waals surface area contributed by atoms with E-state index in [1.165, 1.54) is 0 Å². The molecule has 0 aliphatic heterocycles. The summed E-state index contributed by atoms with van der Waals surface area (Å²) in [6.07, 6.45) is 0.145. The largest absolute Gasteiger partial charge is 0.462 e. The molecule has 0 spiro atoms. The fourth-order valence-corrected chi connectivity index (χ4v) is 1.77. The van der Waals surface area contributed by atoms with E-state index >= 15 is 0 Å². The van der Waals surface area contributed by atoms with Gasteiger partial charge in [0.25, 0.3) is 0 Å². The molecule has 19 heavy (non-hydrogen) atoms. The highest BCUT2D eigenvalue weighted by atomic mass is 28.3. The molecule has 0 heterocycles. The average molecular weight is 287 g/mol. The first-order valence-corrected chi connectivity index (χ1v) is 10.2. The summed E-state index contributed by atoms with van der Waals surface area (Å²) in [6.45, 7) is 12.9. The summed E-state index contributed by atoms with van der Waals surface area (Å²) in [5.41, 5.74) is 0.374. The topological polar surface area (TPSA) is 64.6 Å². The van der Waals surface area contributed by atoms with E-state index in [1.807, 2.05) is 0 Å². The first-order chi connectivity index (χ1) is 8.72. The van der Waals surface area contributed by atoms with Crippen LogP contribution in [-0.4, -0.2) is 39.9 Å². The molecule has 0 aliphatic carbocycles. The molecule has 1 amide bonds. The standard InChI is InChI=1S/C13H25NO4Si/c1-11(2)12(15)17-8-6-7-14-13(16)18-9-10-19(3,4)5/h1,6-10H2,2-5H3,(H,14,16). The van der Waals surface area contributed by atoms with E-state index in [0.29, 0.717) is 25.1 Å². The molecule has 0 unspecified atom stereocenters. The number of hydrogen-bond acceptors (Lipinski definition) is 4. The maximum atomic E-state index is 11.3. The van der Waals surface area contributed by atoms with E-state index in [9.17, 15) is 9.59 Å². The molecule has 6 heteroatoms. The van der Waals surface area contributed by atoms with Crippen LogP contribution in [-0.2, 0) is 14.3 Å². The number of hydrogen-bond donors (Lipinski definition) is 1. The number of esters is 1. The Bertz CT molecular complexity index is 323. The van der Waals surface area contributed by atoms with Gasteiger partial charge in [-0.25, -0.2) is 9.59 Å². The highest BCUT2D eigenvalue weighted by Crippen LogP contribution is 2.07. The van der Waals surface area contributed by atoms with Crippen molar-refractivity contribution < 1.29 is 19.1 Å². The molecule has 0 atom stereocenters. The summed E-state index contributed by atoms with van der Waals surface area (Å²) in [5.74, 6) is -0.405. The zero-order chi connectivity index (χ0) is 14.9. The molecule has 0 saturated heterocycles. The molecular weight excluding hydrogens is 262 g/mol. The van der Waals surface area contributed by atoms with Crippen molar-refractivity contribution in [3.63, 3.8) is 0 Å². The fourth-order valence-electron chi connectivity index (χ4n) is 1.05. The first kappa shape index (κ1) is 17.7. The van der Waals surface area contributed by atoms with Crippen LogP contribution in [0.25, 0.3) is 0 Å². The van der Waals surface area contributed by atoms with Crippen LogP contribution in [0.1, 0.15) is 13.3 Å². The van der Waals surface area contributed by atoms with E-state index in [2.05, 4.69) is 31.5 Å². The Balaban J connectivity index is 3.49. The molecule has 110 valence electrons. The Kier molecular flexibility index (Phi) is 8.14. The predicted molar refractivity (Wildman–Crippen MR) is 77.9 cm³/mol. The van der Waals surface area contributed by atoms with Crippen LogP contribution in [0.5, 0.6) is 0 Å². The molecular formula is C13H25NO4Si. The molecule has 1 N–H and O–H groups in total. The minimum Gasteiger partial charge on any atom is -0.462 e. The Hall–Kier alpha value is -1.30. The van der Waals surface area contributed by atoms with Gasteiger partial charge in [-0.15, -0.1) is 0 Å². The molecule has 0 fully saturated rings. The zero-order valence-corrected chi connectivity index (χ0v) is 13.4. The van der Waals surface area contributed by atoms with Crippen molar-refractivity contribution in [3.8, 4) is 0 Å². The molecule has 0 bridgehead atoms. The highest BCUT2D eigenvalue weighted by Gasteiger charge is 2.13. The summed E-state index contributed by atoms with van der Waals surface area (Å²) >= 11 is 0. The second-order valence-electron chi connectivity index (χ2n) is 5.64. The number of alkyl carbamates (subject to hydrolysis) is 1. The summed E-state index contributed by atoms with van der Waals surface area (Å²) < 4.78 is 9.93. The Morgan fingerprint density at radius 3 is 2.32 bits per heavy atom. The van der Waals surface area contributed by atoms with E-state index in [-0.39, 0.29) is 6.61 Å². The van der Waals surface area contributed by atoms with Crippen LogP contribution in [0, 0.1) is 0 Å². The monoisotopic (exact) mass is 287 g/mol. The molecule has 0 aromatic carbocycles. The molecule has 0 radical (unpaired) electrons. The van der Waals surface area contributed by atoms with Gasteiger partial charge in [-0.3, -0.25) is 0 Å². The predicted octanol–water partition coefficient (Wildman–Crippen LogP) is 2.56. The maximum Gasteiger partial charge on any atom is 0.407 e. The second kappa shape index (κ2) is 8.74. The number of nitrogens with one attached hydrogen (secondary N) is 1. The van der Waals surface area contributed by atoms with Crippen LogP contribution < -0.4 is 5.32 Å². The second-order valence-corrected chi connectivity index (χ2v) is 11.3. The normalized spacial score (nSPS) is 10.7. The molecule has 0 saturated carbocycles. The number of carbonyl (C=O) groups is 2. The van der Waals surface area contributed by atoms with Gasteiger partial charge in [0.2, 0.25) is 0 Å².